The maximum atomic E-state index is 10.4. The number of aliphatic hydroxyl groups is 1. The Balaban J connectivity index is 1.92. The van der Waals surface area contributed by atoms with E-state index in [0.717, 1.165) is 32.1 Å². The minimum atomic E-state index is -0.127. The second-order valence-electron chi connectivity index (χ2n) is 6.94. The Morgan fingerprint density at radius 3 is 2.56 bits per heavy atom. The minimum Gasteiger partial charge on any atom is -0.393 e. The highest BCUT2D eigenvalue weighted by atomic mass is 16.3. The van der Waals surface area contributed by atoms with Crippen LogP contribution in [0.5, 0.6) is 0 Å². The van der Waals surface area contributed by atoms with Gasteiger partial charge in [0, 0.05) is 0 Å². The van der Waals surface area contributed by atoms with Crippen LogP contribution in [0.15, 0.2) is 24.3 Å². The Labute approximate surface area is 111 Å². The Morgan fingerprint density at radius 1 is 1.22 bits per heavy atom. The fourth-order valence-corrected chi connectivity index (χ4v) is 2.87. The van der Waals surface area contributed by atoms with Crippen molar-refractivity contribution >= 4 is 0 Å². The number of benzene rings is 1. The quantitative estimate of drug-likeness (QED) is 0.855. The normalized spacial score (nSPS) is 21.4. The van der Waals surface area contributed by atoms with Gasteiger partial charge in [-0.05, 0) is 54.6 Å². The molecule has 0 saturated heterocycles. The van der Waals surface area contributed by atoms with Crippen LogP contribution in [0.1, 0.15) is 51.2 Å². The molecule has 1 nitrogen and oxygen atoms in total. The lowest BCUT2D eigenvalue weighted by atomic mass is 9.78. The Bertz CT molecular complexity index is 389. The summed E-state index contributed by atoms with van der Waals surface area (Å²) in [4.78, 5) is 0. The molecule has 0 heterocycles. The average Bonchev–Trinajstić information content (AvgIpc) is 2.34. The highest BCUT2D eigenvalue weighted by Crippen LogP contribution is 2.31. The number of hydrogen-bond donors (Lipinski definition) is 1. The van der Waals surface area contributed by atoms with Gasteiger partial charge in [0.05, 0.1) is 6.10 Å². The van der Waals surface area contributed by atoms with Crippen molar-refractivity contribution in [1.82, 2.24) is 0 Å². The zero-order valence-corrected chi connectivity index (χ0v) is 11.9. The molecule has 0 fully saturated rings. The topological polar surface area (TPSA) is 20.2 Å². The molecule has 2 unspecified atom stereocenters. The van der Waals surface area contributed by atoms with Crippen molar-refractivity contribution in [3.05, 3.63) is 35.4 Å². The molecule has 2 atom stereocenters. The first kappa shape index (κ1) is 13.6. The molecule has 0 radical (unpaired) electrons. The van der Waals surface area contributed by atoms with Gasteiger partial charge in [-0.3, -0.25) is 0 Å². The van der Waals surface area contributed by atoms with Crippen LogP contribution in [0.25, 0.3) is 0 Å². The van der Waals surface area contributed by atoms with E-state index in [2.05, 4.69) is 45.0 Å². The molecule has 0 aliphatic heterocycles. The fraction of sp³-hybridized carbons (Fsp3) is 0.647. The first-order valence-corrected chi connectivity index (χ1v) is 7.20. The second-order valence-corrected chi connectivity index (χ2v) is 6.94. The average molecular weight is 246 g/mol. The van der Waals surface area contributed by atoms with E-state index in [1.165, 1.54) is 11.1 Å². The van der Waals surface area contributed by atoms with Crippen molar-refractivity contribution in [3.8, 4) is 0 Å². The summed E-state index contributed by atoms with van der Waals surface area (Å²) in [6.45, 7) is 6.74. The van der Waals surface area contributed by atoms with Gasteiger partial charge in [-0.15, -0.1) is 0 Å². The van der Waals surface area contributed by atoms with E-state index in [0.29, 0.717) is 11.3 Å². The largest absolute Gasteiger partial charge is 0.393 e. The van der Waals surface area contributed by atoms with Gasteiger partial charge < -0.3 is 5.11 Å². The third-order valence-electron chi connectivity index (χ3n) is 4.12. The Kier molecular flexibility index (Phi) is 4.11. The Morgan fingerprint density at radius 2 is 1.89 bits per heavy atom. The lowest BCUT2D eigenvalue weighted by Gasteiger charge is -2.30. The first-order valence-electron chi connectivity index (χ1n) is 7.20. The first-order chi connectivity index (χ1) is 8.46. The van der Waals surface area contributed by atoms with Crippen molar-refractivity contribution < 1.29 is 5.11 Å². The molecule has 1 N–H and O–H groups in total. The molecule has 1 aromatic rings. The van der Waals surface area contributed by atoms with Crippen LogP contribution in [-0.4, -0.2) is 11.2 Å². The molecule has 18 heavy (non-hydrogen) atoms. The van der Waals surface area contributed by atoms with Crippen LogP contribution in [0, 0.1) is 11.3 Å². The number of rotatable bonds is 3. The van der Waals surface area contributed by atoms with Crippen LogP contribution >= 0.6 is 0 Å². The van der Waals surface area contributed by atoms with Crippen molar-refractivity contribution in [2.45, 2.75) is 59.0 Å². The summed E-state index contributed by atoms with van der Waals surface area (Å²) in [5, 5.41) is 10.4. The van der Waals surface area contributed by atoms with Crippen LogP contribution in [0.4, 0.5) is 0 Å². The molecule has 0 saturated carbocycles. The van der Waals surface area contributed by atoms with Crippen LogP contribution in [0.2, 0.25) is 0 Å². The highest BCUT2D eigenvalue weighted by Gasteiger charge is 2.25. The van der Waals surface area contributed by atoms with E-state index >= 15 is 0 Å². The summed E-state index contributed by atoms with van der Waals surface area (Å²) < 4.78 is 0. The van der Waals surface area contributed by atoms with Gasteiger partial charge in [-0.25, -0.2) is 0 Å². The lowest BCUT2D eigenvalue weighted by Crippen LogP contribution is -2.27. The molecule has 0 aromatic heterocycles. The lowest BCUT2D eigenvalue weighted by molar-refractivity contribution is 0.0789. The maximum absolute atomic E-state index is 10.4. The predicted octanol–water partition coefficient (Wildman–Crippen LogP) is 3.98. The summed E-state index contributed by atoms with van der Waals surface area (Å²) in [6, 6.07) is 8.68. The Hall–Kier alpha value is -0.820. The van der Waals surface area contributed by atoms with E-state index < -0.39 is 0 Å². The number of hydrogen-bond acceptors (Lipinski definition) is 1. The molecular weight excluding hydrogens is 220 g/mol. The molecule has 1 aromatic carbocycles. The van der Waals surface area contributed by atoms with Crippen LogP contribution in [-0.2, 0) is 12.8 Å². The van der Waals surface area contributed by atoms with Gasteiger partial charge in [0.2, 0.25) is 0 Å². The summed E-state index contributed by atoms with van der Waals surface area (Å²) in [5.74, 6) is 0.460. The molecular formula is C17H26O. The predicted molar refractivity (Wildman–Crippen MR) is 76.7 cm³/mol. The zero-order valence-electron chi connectivity index (χ0n) is 11.9. The van der Waals surface area contributed by atoms with Crippen molar-refractivity contribution in [1.29, 1.82) is 0 Å². The SMILES string of the molecule is CC(C)(C)CCC(O)C1CCc2ccccc2C1. The van der Waals surface area contributed by atoms with Crippen molar-refractivity contribution in [2.75, 3.05) is 0 Å². The van der Waals surface area contributed by atoms with Crippen LogP contribution < -0.4 is 0 Å². The van der Waals surface area contributed by atoms with Gasteiger partial charge in [0.1, 0.15) is 0 Å². The molecule has 0 amide bonds. The zero-order chi connectivity index (χ0) is 13.2. The smallest absolute Gasteiger partial charge is 0.0571 e. The number of fused-ring (bicyclic) bond motifs is 1. The summed E-state index contributed by atoms with van der Waals surface area (Å²) in [7, 11) is 0. The van der Waals surface area contributed by atoms with Crippen molar-refractivity contribution in [3.63, 3.8) is 0 Å². The number of aryl methyl sites for hydroxylation is 1. The molecule has 0 spiro atoms. The van der Waals surface area contributed by atoms with E-state index in [4.69, 9.17) is 0 Å². The van der Waals surface area contributed by atoms with Gasteiger partial charge in [0.15, 0.2) is 0 Å². The third kappa shape index (κ3) is 3.58. The van der Waals surface area contributed by atoms with E-state index in [9.17, 15) is 5.11 Å². The van der Waals surface area contributed by atoms with Crippen molar-refractivity contribution in [2.24, 2.45) is 11.3 Å². The summed E-state index contributed by atoms with van der Waals surface area (Å²) >= 11 is 0. The molecule has 2 rings (SSSR count). The van der Waals surface area contributed by atoms with Gasteiger partial charge in [0.25, 0.3) is 0 Å². The molecule has 1 heteroatoms. The van der Waals surface area contributed by atoms with E-state index in [1.54, 1.807) is 0 Å². The van der Waals surface area contributed by atoms with Crippen LogP contribution in [0.3, 0.4) is 0 Å². The molecule has 100 valence electrons. The molecule has 1 aliphatic rings. The minimum absolute atomic E-state index is 0.127. The van der Waals surface area contributed by atoms with E-state index in [1.807, 2.05) is 0 Å². The number of aliphatic hydroxyl groups excluding tert-OH is 1. The fourth-order valence-electron chi connectivity index (χ4n) is 2.87. The summed E-state index contributed by atoms with van der Waals surface area (Å²) in [6.07, 6.45) is 5.25. The standard InChI is InChI=1S/C17H26O/c1-17(2,3)11-10-16(18)15-9-8-13-6-4-5-7-14(13)12-15/h4-7,15-16,18H,8-12H2,1-3H3. The molecule has 0 bridgehead atoms. The second kappa shape index (κ2) is 5.44. The third-order valence-corrected chi connectivity index (χ3v) is 4.12. The summed E-state index contributed by atoms with van der Waals surface area (Å²) in [5.41, 5.74) is 3.26. The highest BCUT2D eigenvalue weighted by molar-refractivity contribution is 5.29. The van der Waals surface area contributed by atoms with Gasteiger partial charge in [-0.2, -0.15) is 0 Å². The maximum Gasteiger partial charge on any atom is 0.0571 e. The van der Waals surface area contributed by atoms with Gasteiger partial charge in [-0.1, -0.05) is 45.0 Å². The van der Waals surface area contributed by atoms with E-state index in [-0.39, 0.29) is 6.10 Å². The monoisotopic (exact) mass is 246 g/mol. The molecule has 1 aliphatic carbocycles. The van der Waals surface area contributed by atoms with Gasteiger partial charge >= 0.3 is 0 Å².